The van der Waals surface area contributed by atoms with Gasteiger partial charge in [0.05, 0.1) is 12.1 Å². The fourth-order valence-corrected chi connectivity index (χ4v) is 2.61. The van der Waals surface area contributed by atoms with Crippen molar-refractivity contribution in [3.63, 3.8) is 0 Å². The highest BCUT2D eigenvalue weighted by Crippen LogP contribution is 2.29. The molecule has 104 valence electrons. The van der Waals surface area contributed by atoms with Gasteiger partial charge in [-0.05, 0) is 36.1 Å². The second-order valence-electron chi connectivity index (χ2n) is 5.00. The molecule has 1 atom stereocenters. The summed E-state index contributed by atoms with van der Waals surface area (Å²) in [6, 6.07) is 7.12. The van der Waals surface area contributed by atoms with Gasteiger partial charge in [-0.15, -0.1) is 0 Å². The van der Waals surface area contributed by atoms with E-state index in [1.165, 1.54) is 6.26 Å². The van der Waals surface area contributed by atoms with E-state index in [0.717, 1.165) is 17.5 Å². The molecule has 1 amide bonds. The molecule has 5 heteroatoms. The standard InChI is InChI=1S/C15H16N2O3/c16-7-12-5-10(8-20-12)15(19)17-11-4-9-2-1-3-14(18)13(9)6-11/h1-3,5,8,11,18H,4,6-7,16H2,(H,17,19). The third-order valence-corrected chi connectivity index (χ3v) is 3.62. The van der Waals surface area contributed by atoms with Crippen molar-refractivity contribution in [2.45, 2.75) is 25.4 Å². The van der Waals surface area contributed by atoms with E-state index < -0.39 is 0 Å². The summed E-state index contributed by atoms with van der Waals surface area (Å²) in [4.78, 5) is 12.1. The number of furan rings is 1. The lowest BCUT2D eigenvalue weighted by atomic mass is 10.1. The van der Waals surface area contributed by atoms with Crippen LogP contribution in [0.1, 0.15) is 27.2 Å². The zero-order valence-corrected chi connectivity index (χ0v) is 10.9. The second kappa shape index (κ2) is 5.02. The number of amides is 1. The minimum Gasteiger partial charge on any atom is -0.508 e. The van der Waals surface area contributed by atoms with Crippen LogP contribution in [0.25, 0.3) is 0 Å². The van der Waals surface area contributed by atoms with E-state index in [2.05, 4.69) is 5.32 Å². The summed E-state index contributed by atoms with van der Waals surface area (Å²) in [7, 11) is 0. The molecule has 0 saturated carbocycles. The van der Waals surface area contributed by atoms with E-state index >= 15 is 0 Å². The van der Waals surface area contributed by atoms with E-state index in [1.807, 2.05) is 12.1 Å². The second-order valence-corrected chi connectivity index (χ2v) is 5.00. The number of benzene rings is 1. The summed E-state index contributed by atoms with van der Waals surface area (Å²) in [5.41, 5.74) is 7.94. The van der Waals surface area contributed by atoms with E-state index in [-0.39, 0.29) is 18.5 Å². The van der Waals surface area contributed by atoms with Gasteiger partial charge in [0.15, 0.2) is 0 Å². The molecule has 1 heterocycles. The van der Waals surface area contributed by atoms with Crippen LogP contribution in [0.3, 0.4) is 0 Å². The molecule has 0 radical (unpaired) electrons. The van der Waals surface area contributed by atoms with Crippen molar-refractivity contribution in [3.05, 3.63) is 53.0 Å². The van der Waals surface area contributed by atoms with E-state index in [4.69, 9.17) is 10.2 Å². The number of phenols is 1. The number of nitrogens with two attached hydrogens (primary N) is 1. The predicted octanol–water partition coefficient (Wildman–Crippen LogP) is 1.34. The highest BCUT2D eigenvalue weighted by Gasteiger charge is 2.25. The van der Waals surface area contributed by atoms with Gasteiger partial charge in [-0.3, -0.25) is 4.79 Å². The number of rotatable bonds is 3. The first kappa shape index (κ1) is 12.7. The van der Waals surface area contributed by atoms with Crippen LogP contribution < -0.4 is 11.1 Å². The van der Waals surface area contributed by atoms with Gasteiger partial charge in [-0.1, -0.05) is 12.1 Å². The van der Waals surface area contributed by atoms with Gasteiger partial charge in [0.1, 0.15) is 17.8 Å². The number of nitrogens with one attached hydrogen (secondary N) is 1. The zero-order valence-electron chi connectivity index (χ0n) is 10.9. The lowest BCUT2D eigenvalue weighted by Crippen LogP contribution is -2.35. The molecule has 2 aromatic rings. The SMILES string of the molecule is NCc1cc(C(=O)NC2Cc3cccc(O)c3C2)co1. The minimum absolute atomic E-state index is 0.00188. The molecule has 1 aliphatic rings. The van der Waals surface area contributed by atoms with E-state index in [0.29, 0.717) is 23.5 Å². The monoisotopic (exact) mass is 272 g/mol. The van der Waals surface area contributed by atoms with Crippen molar-refractivity contribution in [1.82, 2.24) is 5.32 Å². The Bertz CT molecular complexity index is 648. The molecular formula is C15H16N2O3. The maximum absolute atomic E-state index is 12.1. The van der Waals surface area contributed by atoms with Crippen LogP contribution in [0.5, 0.6) is 5.75 Å². The quantitative estimate of drug-likeness (QED) is 0.786. The molecular weight excluding hydrogens is 256 g/mol. The van der Waals surface area contributed by atoms with Crippen molar-refractivity contribution >= 4 is 5.91 Å². The van der Waals surface area contributed by atoms with Crippen molar-refractivity contribution in [2.75, 3.05) is 0 Å². The van der Waals surface area contributed by atoms with Crippen LogP contribution in [0.4, 0.5) is 0 Å². The summed E-state index contributed by atoms with van der Waals surface area (Å²) in [5, 5.41) is 12.7. The topological polar surface area (TPSA) is 88.5 Å². The Morgan fingerprint density at radius 2 is 2.30 bits per heavy atom. The van der Waals surface area contributed by atoms with Crippen LogP contribution >= 0.6 is 0 Å². The molecule has 0 saturated heterocycles. The first-order valence-corrected chi connectivity index (χ1v) is 6.55. The minimum atomic E-state index is -0.175. The Balaban J connectivity index is 1.68. The summed E-state index contributed by atoms with van der Waals surface area (Å²) in [6.45, 7) is 0.274. The molecule has 1 aliphatic carbocycles. The number of aromatic hydroxyl groups is 1. The predicted molar refractivity (Wildman–Crippen MR) is 73.4 cm³/mol. The van der Waals surface area contributed by atoms with Crippen molar-refractivity contribution in [2.24, 2.45) is 5.73 Å². The fourth-order valence-electron chi connectivity index (χ4n) is 2.61. The molecule has 0 aliphatic heterocycles. The maximum Gasteiger partial charge on any atom is 0.254 e. The summed E-state index contributed by atoms with van der Waals surface area (Å²) in [6.07, 6.45) is 2.80. The fraction of sp³-hybridized carbons (Fsp3) is 0.267. The summed E-state index contributed by atoms with van der Waals surface area (Å²) >= 11 is 0. The molecule has 5 nitrogen and oxygen atoms in total. The van der Waals surface area contributed by atoms with E-state index in [1.54, 1.807) is 12.1 Å². The lowest BCUT2D eigenvalue weighted by molar-refractivity contribution is 0.0938. The molecule has 0 spiro atoms. The van der Waals surface area contributed by atoms with Crippen LogP contribution in [0, 0.1) is 0 Å². The maximum atomic E-state index is 12.1. The van der Waals surface area contributed by atoms with Gasteiger partial charge < -0.3 is 20.6 Å². The van der Waals surface area contributed by atoms with Gasteiger partial charge in [0.25, 0.3) is 5.91 Å². The Morgan fingerprint density at radius 1 is 1.45 bits per heavy atom. The molecule has 1 aromatic heterocycles. The smallest absolute Gasteiger partial charge is 0.254 e. The average Bonchev–Trinajstić information content (AvgIpc) is 3.05. The summed E-state index contributed by atoms with van der Waals surface area (Å²) < 4.78 is 5.15. The molecule has 20 heavy (non-hydrogen) atoms. The lowest BCUT2D eigenvalue weighted by Gasteiger charge is -2.10. The third-order valence-electron chi connectivity index (χ3n) is 3.62. The van der Waals surface area contributed by atoms with Gasteiger partial charge in [-0.25, -0.2) is 0 Å². The number of carbonyl (C=O) groups is 1. The van der Waals surface area contributed by atoms with Crippen LogP contribution in [0.2, 0.25) is 0 Å². The van der Waals surface area contributed by atoms with Crippen LogP contribution in [-0.2, 0) is 19.4 Å². The van der Waals surface area contributed by atoms with Crippen molar-refractivity contribution < 1.29 is 14.3 Å². The Hall–Kier alpha value is -2.27. The number of hydrogen-bond donors (Lipinski definition) is 3. The van der Waals surface area contributed by atoms with Gasteiger partial charge in [-0.2, -0.15) is 0 Å². The first-order chi connectivity index (χ1) is 9.67. The number of carbonyl (C=O) groups excluding carboxylic acids is 1. The molecule has 1 aromatic carbocycles. The highest BCUT2D eigenvalue weighted by atomic mass is 16.3. The molecule has 1 unspecified atom stereocenters. The third kappa shape index (κ3) is 2.28. The molecule has 4 N–H and O–H groups in total. The normalized spacial score (nSPS) is 16.9. The largest absolute Gasteiger partial charge is 0.508 e. The highest BCUT2D eigenvalue weighted by molar-refractivity contribution is 5.94. The Morgan fingerprint density at radius 3 is 3.00 bits per heavy atom. The number of fused-ring (bicyclic) bond motifs is 1. The first-order valence-electron chi connectivity index (χ1n) is 6.55. The molecule has 0 bridgehead atoms. The van der Waals surface area contributed by atoms with Gasteiger partial charge >= 0.3 is 0 Å². The van der Waals surface area contributed by atoms with Gasteiger partial charge in [0.2, 0.25) is 0 Å². The van der Waals surface area contributed by atoms with Crippen LogP contribution in [0.15, 0.2) is 34.9 Å². The number of hydrogen-bond acceptors (Lipinski definition) is 4. The molecule has 3 rings (SSSR count). The summed E-state index contributed by atoms with van der Waals surface area (Å²) in [5.74, 6) is 0.709. The van der Waals surface area contributed by atoms with Crippen molar-refractivity contribution in [3.8, 4) is 5.75 Å². The van der Waals surface area contributed by atoms with E-state index in [9.17, 15) is 9.90 Å². The van der Waals surface area contributed by atoms with Crippen molar-refractivity contribution in [1.29, 1.82) is 0 Å². The Kier molecular flexibility index (Phi) is 3.20. The zero-order chi connectivity index (χ0) is 14.1. The average molecular weight is 272 g/mol. The number of phenolic OH excluding ortho intramolecular Hbond substituents is 1. The van der Waals surface area contributed by atoms with Crippen LogP contribution in [-0.4, -0.2) is 17.1 Å². The van der Waals surface area contributed by atoms with Gasteiger partial charge in [0, 0.05) is 6.04 Å². The Labute approximate surface area is 116 Å². The molecule has 0 fully saturated rings.